The van der Waals surface area contributed by atoms with Crippen LogP contribution in [-0.2, 0) is 13.1 Å². The van der Waals surface area contributed by atoms with Crippen molar-refractivity contribution >= 4 is 22.4 Å². The molecule has 17 heavy (non-hydrogen) atoms. The third kappa shape index (κ3) is 1.78. The van der Waals surface area contributed by atoms with Crippen LogP contribution in [0.25, 0.3) is 10.8 Å². The van der Waals surface area contributed by atoms with E-state index in [0.29, 0.717) is 28.9 Å². The summed E-state index contributed by atoms with van der Waals surface area (Å²) in [5, 5.41) is 1.27. The van der Waals surface area contributed by atoms with Gasteiger partial charge in [0.15, 0.2) is 0 Å². The molecule has 0 amide bonds. The van der Waals surface area contributed by atoms with Gasteiger partial charge in [-0.15, -0.1) is 0 Å². The van der Waals surface area contributed by atoms with Crippen LogP contribution in [0.2, 0.25) is 5.02 Å². The molecule has 4 nitrogen and oxygen atoms in total. The van der Waals surface area contributed by atoms with Crippen LogP contribution in [0.15, 0.2) is 27.8 Å². The van der Waals surface area contributed by atoms with E-state index < -0.39 is 0 Å². The van der Waals surface area contributed by atoms with Crippen LogP contribution in [-0.4, -0.2) is 9.36 Å². The first-order valence-corrected chi connectivity index (χ1v) is 5.91. The number of hydrogen-bond acceptors (Lipinski definition) is 2. The molecular weight excluding hydrogens is 240 g/mol. The lowest BCUT2D eigenvalue weighted by atomic mass is 10.2. The predicted octanol–water partition coefficient (Wildman–Crippen LogP) is 1.86. The van der Waals surface area contributed by atoms with Crippen LogP contribution < -0.4 is 11.1 Å². The summed E-state index contributed by atoms with van der Waals surface area (Å²) >= 11 is 5.86. The molecule has 0 aliphatic heterocycles. The molecule has 0 aliphatic carbocycles. The van der Waals surface area contributed by atoms with Gasteiger partial charge in [-0.25, -0.2) is 9.36 Å². The summed E-state index contributed by atoms with van der Waals surface area (Å²) in [5.74, 6) is 0. The van der Waals surface area contributed by atoms with Gasteiger partial charge in [-0.3, -0.25) is 9.59 Å². The summed E-state index contributed by atoms with van der Waals surface area (Å²) in [6, 6.07) is 4.78. The number of rotatable bonds is 2. The summed E-state index contributed by atoms with van der Waals surface area (Å²) in [6.07, 6.45) is 0. The minimum absolute atomic E-state index is 0.152. The molecule has 0 atom stereocenters. The number of halogens is 1. The van der Waals surface area contributed by atoms with Crippen molar-refractivity contribution in [2.24, 2.45) is 0 Å². The van der Waals surface area contributed by atoms with Gasteiger partial charge in [0.05, 0.1) is 10.8 Å². The third-order valence-corrected chi connectivity index (χ3v) is 3.04. The number of fused-ring (bicyclic) bond motifs is 1. The van der Waals surface area contributed by atoms with Gasteiger partial charge in [0, 0.05) is 18.1 Å². The van der Waals surface area contributed by atoms with Crippen LogP contribution in [0.3, 0.4) is 0 Å². The Labute approximate surface area is 103 Å². The molecule has 0 fully saturated rings. The molecule has 0 saturated heterocycles. The fraction of sp³-hybridized carbons (Fsp3) is 0.333. The van der Waals surface area contributed by atoms with Crippen molar-refractivity contribution in [3.63, 3.8) is 0 Å². The highest BCUT2D eigenvalue weighted by molar-refractivity contribution is 6.31. The zero-order chi connectivity index (χ0) is 12.6. The van der Waals surface area contributed by atoms with Gasteiger partial charge in [0.25, 0.3) is 11.1 Å². The molecule has 0 saturated carbocycles. The molecule has 0 N–H and O–H groups in total. The Morgan fingerprint density at radius 3 is 2.06 bits per heavy atom. The molecule has 0 radical (unpaired) electrons. The van der Waals surface area contributed by atoms with E-state index >= 15 is 0 Å². The van der Waals surface area contributed by atoms with E-state index in [0.717, 1.165) is 0 Å². The molecule has 1 aromatic heterocycles. The van der Waals surface area contributed by atoms with Gasteiger partial charge in [-0.1, -0.05) is 11.6 Å². The summed E-state index contributed by atoms with van der Waals surface area (Å²) < 4.78 is 2.90. The summed E-state index contributed by atoms with van der Waals surface area (Å²) in [4.78, 5) is 24.4. The molecular formula is C12H13ClN2O2. The maximum atomic E-state index is 12.2. The van der Waals surface area contributed by atoms with Crippen LogP contribution in [0.4, 0.5) is 0 Å². The second-order valence-corrected chi connectivity index (χ2v) is 4.17. The topological polar surface area (TPSA) is 44.0 Å². The normalized spacial score (nSPS) is 11.0. The van der Waals surface area contributed by atoms with Crippen LogP contribution in [0.1, 0.15) is 13.8 Å². The largest absolute Gasteiger partial charge is 0.273 e. The summed E-state index contributed by atoms with van der Waals surface area (Å²) in [6.45, 7) is 4.61. The molecule has 90 valence electrons. The average molecular weight is 253 g/mol. The van der Waals surface area contributed by atoms with Crippen LogP contribution in [0, 0.1) is 0 Å². The Hall–Kier alpha value is -1.55. The second-order valence-electron chi connectivity index (χ2n) is 3.73. The van der Waals surface area contributed by atoms with E-state index in [2.05, 4.69) is 0 Å². The Bertz CT molecular complexity index is 685. The minimum atomic E-state index is -0.175. The van der Waals surface area contributed by atoms with Crippen molar-refractivity contribution in [2.45, 2.75) is 26.9 Å². The van der Waals surface area contributed by atoms with Crippen LogP contribution in [0.5, 0.6) is 0 Å². The van der Waals surface area contributed by atoms with Crippen LogP contribution >= 0.6 is 11.6 Å². The van der Waals surface area contributed by atoms with Gasteiger partial charge in [0.2, 0.25) is 0 Å². The first-order valence-electron chi connectivity index (χ1n) is 5.53. The lowest BCUT2D eigenvalue weighted by Gasteiger charge is -2.13. The Balaban J connectivity index is 3.05. The zero-order valence-corrected chi connectivity index (χ0v) is 10.5. The van der Waals surface area contributed by atoms with E-state index in [-0.39, 0.29) is 11.1 Å². The average Bonchev–Trinajstić information content (AvgIpc) is 2.33. The van der Waals surface area contributed by atoms with Gasteiger partial charge in [-0.2, -0.15) is 0 Å². The smallest absolute Gasteiger partial charge is 0.267 e. The van der Waals surface area contributed by atoms with Crippen molar-refractivity contribution in [2.75, 3.05) is 0 Å². The van der Waals surface area contributed by atoms with E-state index in [9.17, 15) is 9.59 Å². The minimum Gasteiger partial charge on any atom is -0.267 e. The van der Waals surface area contributed by atoms with Crippen molar-refractivity contribution in [3.8, 4) is 0 Å². The fourth-order valence-corrected chi connectivity index (χ4v) is 2.18. The molecule has 1 heterocycles. The molecule has 5 heteroatoms. The monoisotopic (exact) mass is 252 g/mol. The van der Waals surface area contributed by atoms with Crippen molar-refractivity contribution in [1.29, 1.82) is 0 Å². The zero-order valence-electron chi connectivity index (χ0n) is 9.74. The molecule has 0 spiro atoms. The first kappa shape index (κ1) is 11.9. The SMILES string of the molecule is CCn1c(=O)c2ccc(Cl)cc2c(=O)n1CC. The quantitative estimate of drug-likeness (QED) is 0.819. The predicted molar refractivity (Wildman–Crippen MR) is 68.8 cm³/mol. The summed E-state index contributed by atoms with van der Waals surface area (Å²) in [5.41, 5.74) is -0.327. The maximum Gasteiger partial charge on any atom is 0.273 e. The fourth-order valence-electron chi connectivity index (χ4n) is 2.01. The van der Waals surface area contributed by atoms with E-state index in [1.165, 1.54) is 9.36 Å². The number of hydrogen-bond donors (Lipinski definition) is 0. The molecule has 0 unspecified atom stereocenters. The second kappa shape index (κ2) is 4.37. The number of benzene rings is 1. The Morgan fingerprint density at radius 2 is 1.53 bits per heavy atom. The summed E-state index contributed by atoms with van der Waals surface area (Å²) in [7, 11) is 0. The lowest BCUT2D eigenvalue weighted by molar-refractivity contribution is 0.449. The molecule has 0 aliphatic rings. The van der Waals surface area contributed by atoms with Gasteiger partial charge >= 0.3 is 0 Å². The molecule has 2 aromatic rings. The van der Waals surface area contributed by atoms with Gasteiger partial charge < -0.3 is 0 Å². The highest BCUT2D eigenvalue weighted by Gasteiger charge is 2.10. The molecule has 2 rings (SSSR count). The van der Waals surface area contributed by atoms with Crippen molar-refractivity contribution in [1.82, 2.24) is 9.36 Å². The van der Waals surface area contributed by atoms with E-state index in [4.69, 9.17) is 11.6 Å². The van der Waals surface area contributed by atoms with Crippen molar-refractivity contribution in [3.05, 3.63) is 43.9 Å². The Morgan fingerprint density at radius 1 is 1.00 bits per heavy atom. The number of aromatic nitrogens is 2. The highest BCUT2D eigenvalue weighted by Crippen LogP contribution is 2.13. The van der Waals surface area contributed by atoms with Gasteiger partial charge in [-0.05, 0) is 32.0 Å². The van der Waals surface area contributed by atoms with E-state index in [1.807, 2.05) is 13.8 Å². The van der Waals surface area contributed by atoms with Gasteiger partial charge in [0.1, 0.15) is 0 Å². The molecule has 1 aromatic carbocycles. The molecule has 0 bridgehead atoms. The Kier molecular flexibility index (Phi) is 3.07. The standard InChI is InChI=1S/C12H13ClN2O2/c1-3-14-11(16)9-6-5-8(13)7-10(9)12(17)15(14)4-2/h5-7H,3-4H2,1-2H3. The number of nitrogens with zero attached hydrogens (tertiary/aromatic N) is 2. The maximum absolute atomic E-state index is 12.2. The first-order chi connectivity index (χ1) is 8.10. The highest BCUT2D eigenvalue weighted by atomic mass is 35.5. The third-order valence-electron chi connectivity index (χ3n) is 2.80. The van der Waals surface area contributed by atoms with E-state index in [1.54, 1.807) is 18.2 Å². The lowest BCUT2D eigenvalue weighted by Crippen LogP contribution is -2.38. The van der Waals surface area contributed by atoms with Crippen molar-refractivity contribution < 1.29 is 0 Å².